The first kappa shape index (κ1) is 13.5. The second-order valence-electron chi connectivity index (χ2n) is 3.72. The summed E-state index contributed by atoms with van der Waals surface area (Å²) in [6.07, 6.45) is 0.961. The van der Waals surface area contributed by atoms with Gasteiger partial charge in [-0.1, -0.05) is 0 Å². The van der Waals surface area contributed by atoms with Gasteiger partial charge >= 0.3 is 0 Å². The van der Waals surface area contributed by atoms with Crippen LogP contribution in [-0.2, 0) is 0 Å². The largest absolute Gasteiger partial charge is 0.322 e. The fourth-order valence-corrected chi connectivity index (χ4v) is 1.46. The quantitative estimate of drug-likeness (QED) is 0.531. The van der Waals surface area contributed by atoms with Crippen LogP contribution in [0, 0.1) is 21.9 Å². The van der Waals surface area contributed by atoms with Crippen LogP contribution < -0.4 is 5.32 Å². The van der Waals surface area contributed by atoms with Crippen molar-refractivity contribution in [2.24, 2.45) is 0 Å². The summed E-state index contributed by atoms with van der Waals surface area (Å²) in [4.78, 5) is 24.7. The van der Waals surface area contributed by atoms with Gasteiger partial charge in [0.05, 0.1) is 10.5 Å². The number of carbonyl (C=O) groups is 1. The Labute approximate surface area is 111 Å². The monoisotopic (exact) mass is 279 g/mol. The van der Waals surface area contributed by atoms with E-state index in [0.717, 1.165) is 12.3 Å². The molecule has 0 fully saturated rings. The molecule has 0 atom stereocenters. The number of hydrogen-bond acceptors (Lipinski definition) is 4. The Balaban J connectivity index is 2.19. The minimum atomic E-state index is -1.37. The maximum Gasteiger partial charge on any atom is 0.269 e. The topological polar surface area (TPSA) is 85.1 Å². The molecule has 6 nitrogen and oxygen atoms in total. The molecule has 0 unspecified atom stereocenters. The van der Waals surface area contributed by atoms with Crippen molar-refractivity contribution in [3.8, 4) is 0 Å². The third-order valence-corrected chi connectivity index (χ3v) is 2.43. The molecule has 0 spiro atoms. The zero-order valence-electron chi connectivity index (χ0n) is 9.84. The Morgan fingerprint density at radius 1 is 1.20 bits per heavy atom. The van der Waals surface area contributed by atoms with E-state index in [0.29, 0.717) is 0 Å². The highest BCUT2D eigenvalue weighted by Gasteiger charge is 2.16. The number of anilines is 1. The molecule has 20 heavy (non-hydrogen) atoms. The van der Waals surface area contributed by atoms with Crippen LogP contribution >= 0.6 is 0 Å². The third kappa shape index (κ3) is 2.74. The molecule has 2 aromatic rings. The van der Waals surface area contributed by atoms with Gasteiger partial charge in [-0.05, 0) is 18.2 Å². The minimum Gasteiger partial charge on any atom is -0.322 e. The molecule has 1 N–H and O–H groups in total. The molecular formula is C12H7F2N3O3. The van der Waals surface area contributed by atoms with Gasteiger partial charge in [0.15, 0.2) is 5.82 Å². The highest BCUT2D eigenvalue weighted by atomic mass is 19.2. The number of nitro groups is 1. The first-order chi connectivity index (χ1) is 9.49. The number of nitro benzene ring substituents is 1. The fraction of sp³-hybridized carbons (Fsp3) is 0. The molecule has 1 amide bonds. The van der Waals surface area contributed by atoms with Crippen molar-refractivity contribution in [2.75, 3.05) is 5.32 Å². The van der Waals surface area contributed by atoms with E-state index in [1.54, 1.807) is 0 Å². The lowest BCUT2D eigenvalue weighted by Crippen LogP contribution is -2.15. The molecule has 8 heteroatoms. The Morgan fingerprint density at radius 2 is 1.85 bits per heavy atom. The summed E-state index contributed by atoms with van der Waals surface area (Å²) in [5, 5.41) is 12.8. The lowest BCUT2D eigenvalue weighted by Gasteiger charge is -2.05. The summed E-state index contributed by atoms with van der Waals surface area (Å²) in [7, 11) is 0. The molecule has 0 saturated carbocycles. The zero-order chi connectivity index (χ0) is 14.7. The van der Waals surface area contributed by atoms with E-state index in [2.05, 4.69) is 10.3 Å². The summed E-state index contributed by atoms with van der Waals surface area (Å²) in [6.45, 7) is 0. The summed E-state index contributed by atoms with van der Waals surface area (Å²) >= 11 is 0. The molecule has 0 radical (unpaired) electrons. The van der Waals surface area contributed by atoms with E-state index in [1.165, 1.54) is 24.3 Å². The van der Waals surface area contributed by atoms with E-state index < -0.39 is 28.2 Å². The van der Waals surface area contributed by atoms with E-state index in [1.807, 2.05) is 0 Å². The van der Waals surface area contributed by atoms with E-state index in [-0.39, 0.29) is 11.4 Å². The number of nitrogens with zero attached hydrogens (tertiary/aromatic N) is 2. The van der Waals surface area contributed by atoms with E-state index >= 15 is 0 Å². The highest BCUT2D eigenvalue weighted by molar-refractivity contribution is 6.04. The number of non-ortho nitro benzene ring substituents is 1. The van der Waals surface area contributed by atoms with Gasteiger partial charge in [-0.15, -0.1) is 0 Å². The third-order valence-electron chi connectivity index (χ3n) is 2.43. The Morgan fingerprint density at radius 3 is 2.45 bits per heavy atom. The predicted octanol–water partition coefficient (Wildman–Crippen LogP) is 2.52. The van der Waals surface area contributed by atoms with Crippen molar-refractivity contribution in [2.45, 2.75) is 0 Å². The first-order valence-electron chi connectivity index (χ1n) is 5.35. The van der Waals surface area contributed by atoms with Crippen LogP contribution in [0.3, 0.4) is 0 Å². The van der Waals surface area contributed by atoms with Crippen molar-refractivity contribution >= 4 is 17.3 Å². The molecule has 0 aliphatic carbocycles. The number of pyridine rings is 1. The van der Waals surface area contributed by atoms with Gasteiger partial charge in [0.25, 0.3) is 11.6 Å². The highest BCUT2D eigenvalue weighted by Crippen LogP contribution is 2.17. The van der Waals surface area contributed by atoms with Gasteiger partial charge < -0.3 is 5.32 Å². The minimum absolute atomic E-state index is 0.149. The van der Waals surface area contributed by atoms with Gasteiger partial charge in [0, 0.05) is 24.0 Å². The summed E-state index contributed by atoms with van der Waals surface area (Å²) in [5.74, 6) is -3.61. The molecule has 2 rings (SSSR count). The zero-order valence-corrected chi connectivity index (χ0v) is 9.84. The van der Waals surface area contributed by atoms with Crippen LogP contribution in [0.25, 0.3) is 0 Å². The van der Waals surface area contributed by atoms with Crippen molar-refractivity contribution in [3.05, 3.63) is 64.0 Å². The summed E-state index contributed by atoms with van der Waals surface area (Å²) < 4.78 is 26.2. The summed E-state index contributed by atoms with van der Waals surface area (Å²) in [5.41, 5.74) is -0.433. The number of benzene rings is 1. The maximum absolute atomic E-state index is 13.3. The Kier molecular flexibility index (Phi) is 3.65. The van der Waals surface area contributed by atoms with Crippen molar-refractivity contribution in [3.63, 3.8) is 0 Å². The number of aromatic nitrogens is 1. The van der Waals surface area contributed by atoms with Gasteiger partial charge in [-0.25, -0.2) is 9.37 Å². The van der Waals surface area contributed by atoms with Crippen LogP contribution in [0.5, 0.6) is 0 Å². The molecule has 0 saturated heterocycles. The molecule has 1 aromatic carbocycles. The SMILES string of the molecule is O=C(Nc1ccc([N+](=O)[O-])cc1)c1ccnc(F)c1F. The lowest BCUT2D eigenvalue weighted by molar-refractivity contribution is -0.384. The van der Waals surface area contributed by atoms with Crippen LogP contribution in [0.2, 0.25) is 0 Å². The Hall–Kier alpha value is -2.90. The molecule has 0 aliphatic rings. The van der Waals surface area contributed by atoms with Crippen molar-refractivity contribution < 1.29 is 18.5 Å². The van der Waals surface area contributed by atoms with Gasteiger partial charge in [-0.3, -0.25) is 14.9 Å². The van der Waals surface area contributed by atoms with Crippen LogP contribution in [0.1, 0.15) is 10.4 Å². The van der Waals surface area contributed by atoms with Gasteiger partial charge in [0.1, 0.15) is 0 Å². The maximum atomic E-state index is 13.3. The van der Waals surface area contributed by atoms with Crippen molar-refractivity contribution in [1.82, 2.24) is 4.98 Å². The fourth-order valence-electron chi connectivity index (χ4n) is 1.46. The normalized spacial score (nSPS) is 10.1. The average Bonchev–Trinajstić information content (AvgIpc) is 2.42. The number of nitrogens with one attached hydrogen (secondary N) is 1. The average molecular weight is 279 g/mol. The first-order valence-corrected chi connectivity index (χ1v) is 5.35. The molecule has 1 aromatic heterocycles. The molecule has 0 bridgehead atoms. The van der Waals surface area contributed by atoms with Gasteiger partial charge in [0.2, 0.25) is 5.95 Å². The number of halogens is 2. The lowest BCUT2D eigenvalue weighted by atomic mass is 10.2. The number of carbonyl (C=O) groups excluding carboxylic acids is 1. The molecule has 1 heterocycles. The van der Waals surface area contributed by atoms with Crippen molar-refractivity contribution in [1.29, 1.82) is 0 Å². The Bertz CT molecular complexity index is 674. The molecular weight excluding hydrogens is 272 g/mol. The van der Waals surface area contributed by atoms with Crippen LogP contribution in [0.15, 0.2) is 36.5 Å². The van der Waals surface area contributed by atoms with E-state index in [4.69, 9.17) is 0 Å². The predicted molar refractivity (Wildman–Crippen MR) is 65.2 cm³/mol. The van der Waals surface area contributed by atoms with Crippen LogP contribution in [0.4, 0.5) is 20.2 Å². The smallest absolute Gasteiger partial charge is 0.269 e. The van der Waals surface area contributed by atoms with Crippen LogP contribution in [-0.4, -0.2) is 15.8 Å². The van der Waals surface area contributed by atoms with Gasteiger partial charge in [-0.2, -0.15) is 4.39 Å². The standard InChI is InChI=1S/C12H7F2N3O3/c13-10-9(5-6-15-11(10)14)12(18)16-7-1-3-8(4-2-7)17(19)20/h1-6H,(H,16,18). The second-order valence-corrected chi connectivity index (χ2v) is 3.72. The number of rotatable bonds is 3. The summed E-state index contributed by atoms with van der Waals surface area (Å²) in [6, 6.07) is 5.95. The molecule has 102 valence electrons. The second kappa shape index (κ2) is 5.39. The number of hydrogen-bond donors (Lipinski definition) is 1. The van der Waals surface area contributed by atoms with E-state index in [9.17, 15) is 23.7 Å². The molecule has 0 aliphatic heterocycles. The number of amides is 1.